The Bertz CT molecular complexity index is 688. The van der Waals surface area contributed by atoms with Gasteiger partial charge in [-0.3, -0.25) is 9.69 Å². The van der Waals surface area contributed by atoms with Gasteiger partial charge in [-0.15, -0.1) is 12.4 Å². The number of benzene rings is 2. The Kier molecular flexibility index (Phi) is 7.29. The summed E-state index contributed by atoms with van der Waals surface area (Å²) in [5.41, 5.74) is 3.63. The fourth-order valence-electron chi connectivity index (χ4n) is 3.03. The van der Waals surface area contributed by atoms with E-state index in [-0.39, 0.29) is 18.3 Å². The van der Waals surface area contributed by atoms with Crippen LogP contribution in [0.5, 0.6) is 5.75 Å². The molecule has 25 heavy (non-hydrogen) atoms. The lowest BCUT2D eigenvalue weighted by molar-refractivity contribution is -0.116. The summed E-state index contributed by atoms with van der Waals surface area (Å²) in [6, 6.07) is 16.1. The summed E-state index contributed by atoms with van der Waals surface area (Å²) in [6.45, 7) is 5.34. The van der Waals surface area contributed by atoms with E-state index < -0.39 is 0 Å². The minimum atomic E-state index is 0. The molecule has 5 heteroatoms. The summed E-state index contributed by atoms with van der Waals surface area (Å²) in [7, 11) is 0. The average molecular weight is 361 g/mol. The fraction of sp³-hybridized carbons (Fsp3) is 0.350. The maximum Gasteiger partial charge on any atom is 0.225 e. The van der Waals surface area contributed by atoms with Crippen molar-refractivity contribution in [3.8, 4) is 5.75 Å². The number of hydrogen-bond acceptors (Lipinski definition) is 3. The number of rotatable bonds is 6. The van der Waals surface area contributed by atoms with Crippen LogP contribution in [0.1, 0.15) is 24.5 Å². The summed E-state index contributed by atoms with van der Waals surface area (Å²) in [5.74, 6) is 0.875. The van der Waals surface area contributed by atoms with Crippen LogP contribution < -0.4 is 10.1 Å². The van der Waals surface area contributed by atoms with Crippen LogP contribution in [-0.4, -0.2) is 30.5 Å². The van der Waals surface area contributed by atoms with Gasteiger partial charge < -0.3 is 10.1 Å². The van der Waals surface area contributed by atoms with Gasteiger partial charge in [-0.05, 0) is 48.7 Å². The second kappa shape index (κ2) is 9.44. The van der Waals surface area contributed by atoms with E-state index in [1.807, 2.05) is 31.2 Å². The Hall–Kier alpha value is -2.04. The second-order valence-corrected chi connectivity index (χ2v) is 6.05. The maximum absolute atomic E-state index is 12.1. The fourth-order valence-corrected chi connectivity index (χ4v) is 3.03. The predicted molar refractivity (Wildman–Crippen MR) is 104 cm³/mol. The van der Waals surface area contributed by atoms with E-state index in [9.17, 15) is 4.79 Å². The van der Waals surface area contributed by atoms with Crippen molar-refractivity contribution in [3.05, 3.63) is 59.7 Å². The maximum atomic E-state index is 12.1. The number of hydrogen-bond donors (Lipinski definition) is 1. The van der Waals surface area contributed by atoms with Gasteiger partial charge in [0.1, 0.15) is 5.75 Å². The van der Waals surface area contributed by atoms with Gasteiger partial charge in [0.25, 0.3) is 0 Å². The van der Waals surface area contributed by atoms with E-state index in [0.29, 0.717) is 13.0 Å². The van der Waals surface area contributed by atoms with Crippen LogP contribution in [0.2, 0.25) is 0 Å². The Morgan fingerprint density at radius 1 is 1.12 bits per heavy atom. The van der Waals surface area contributed by atoms with Crippen molar-refractivity contribution < 1.29 is 9.53 Å². The molecule has 0 aliphatic carbocycles. The number of amides is 1. The van der Waals surface area contributed by atoms with Gasteiger partial charge in [0, 0.05) is 31.7 Å². The summed E-state index contributed by atoms with van der Waals surface area (Å²) in [6.07, 6.45) is 1.58. The lowest BCUT2D eigenvalue weighted by Crippen LogP contribution is -2.33. The highest BCUT2D eigenvalue weighted by Gasteiger charge is 2.16. The lowest BCUT2D eigenvalue weighted by atomic mass is 10.00. The smallest absolute Gasteiger partial charge is 0.225 e. The first-order valence-corrected chi connectivity index (χ1v) is 8.56. The number of nitrogens with zero attached hydrogens (tertiary/aromatic N) is 1. The molecule has 134 valence electrons. The topological polar surface area (TPSA) is 41.6 Å². The number of halogens is 1. The number of carbonyl (C=O) groups excluding carboxylic acids is 1. The highest BCUT2D eigenvalue weighted by Crippen LogP contribution is 2.19. The van der Waals surface area contributed by atoms with Gasteiger partial charge in [-0.25, -0.2) is 0 Å². The molecular formula is C20H25ClN2O2. The van der Waals surface area contributed by atoms with E-state index in [1.54, 1.807) is 0 Å². The molecule has 1 aliphatic heterocycles. The molecule has 0 saturated carbocycles. The largest absolute Gasteiger partial charge is 0.494 e. The highest BCUT2D eigenvalue weighted by atomic mass is 35.5. The molecule has 2 aromatic carbocycles. The van der Waals surface area contributed by atoms with Crippen LogP contribution in [0, 0.1) is 0 Å². The normalized spacial score (nSPS) is 13.5. The first-order valence-electron chi connectivity index (χ1n) is 8.56. The zero-order valence-electron chi connectivity index (χ0n) is 14.5. The summed E-state index contributed by atoms with van der Waals surface area (Å²) < 4.78 is 5.40. The average Bonchev–Trinajstić information content (AvgIpc) is 2.62. The van der Waals surface area contributed by atoms with Crippen molar-refractivity contribution in [2.75, 3.05) is 25.0 Å². The Labute approximate surface area is 155 Å². The molecule has 1 aliphatic rings. The minimum absolute atomic E-state index is 0. The first kappa shape index (κ1) is 19.3. The van der Waals surface area contributed by atoms with Crippen LogP contribution >= 0.6 is 12.4 Å². The molecule has 0 bridgehead atoms. The molecule has 0 radical (unpaired) electrons. The summed E-state index contributed by atoms with van der Waals surface area (Å²) >= 11 is 0. The molecule has 1 N–H and O–H groups in total. The quantitative estimate of drug-likeness (QED) is 0.849. The van der Waals surface area contributed by atoms with Crippen LogP contribution in [0.15, 0.2) is 48.5 Å². The molecule has 0 fully saturated rings. The Morgan fingerprint density at radius 3 is 2.56 bits per heavy atom. The molecule has 0 unspecified atom stereocenters. The number of nitrogens with one attached hydrogen (secondary N) is 1. The van der Waals surface area contributed by atoms with Crippen LogP contribution in [0.4, 0.5) is 5.69 Å². The van der Waals surface area contributed by atoms with Crippen molar-refractivity contribution >= 4 is 24.0 Å². The number of carbonyl (C=O) groups is 1. The number of anilines is 1. The Balaban J connectivity index is 0.00000225. The standard InChI is InChI=1S/C20H24N2O2.ClH/c1-2-24-19-9-7-18(8-10-19)21-20(23)12-14-22-13-11-16-5-3-4-6-17(16)15-22;/h3-10H,2,11-15H2,1H3,(H,21,23);1H. The lowest BCUT2D eigenvalue weighted by Gasteiger charge is -2.28. The second-order valence-electron chi connectivity index (χ2n) is 6.05. The molecule has 3 rings (SSSR count). The third kappa shape index (κ3) is 5.48. The molecule has 0 saturated heterocycles. The molecule has 1 heterocycles. The van der Waals surface area contributed by atoms with Crippen molar-refractivity contribution in [2.24, 2.45) is 0 Å². The van der Waals surface area contributed by atoms with Gasteiger partial charge in [0.2, 0.25) is 5.91 Å². The van der Waals surface area contributed by atoms with Crippen molar-refractivity contribution in [1.82, 2.24) is 4.90 Å². The van der Waals surface area contributed by atoms with Crippen molar-refractivity contribution in [1.29, 1.82) is 0 Å². The van der Waals surface area contributed by atoms with Crippen LogP contribution in [-0.2, 0) is 17.8 Å². The van der Waals surface area contributed by atoms with Crippen molar-refractivity contribution in [2.45, 2.75) is 26.3 Å². The van der Waals surface area contributed by atoms with E-state index in [2.05, 4.69) is 34.5 Å². The molecule has 0 spiro atoms. The highest BCUT2D eigenvalue weighted by molar-refractivity contribution is 5.90. The van der Waals surface area contributed by atoms with Gasteiger partial charge in [-0.2, -0.15) is 0 Å². The van der Waals surface area contributed by atoms with Crippen LogP contribution in [0.3, 0.4) is 0 Å². The summed E-state index contributed by atoms with van der Waals surface area (Å²) in [5, 5.41) is 2.95. The monoisotopic (exact) mass is 360 g/mol. The summed E-state index contributed by atoms with van der Waals surface area (Å²) in [4.78, 5) is 14.5. The van der Waals surface area contributed by atoms with Gasteiger partial charge in [-0.1, -0.05) is 24.3 Å². The molecule has 0 aromatic heterocycles. The van der Waals surface area contributed by atoms with E-state index >= 15 is 0 Å². The first-order chi connectivity index (χ1) is 11.7. The minimum Gasteiger partial charge on any atom is -0.494 e. The predicted octanol–water partition coefficient (Wildman–Crippen LogP) is 3.89. The zero-order chi connectivity index (χ0) is 16.8. The van der Waals surface area contributed by atoms with E-state index in [4.69, 9.17) is 4.74 Å². The van der Waals surface area contributed by atoms with E-state index in [1.165, 1.54) is 11.1 Å². The molecule has 1 amide bonds. The van der Waals surface area contributed by atoms with Gasteiger partial charge in [0.15, 0.2) is 0 Å². The molecule has 0 atom stereocenters. The van der Waals surface area contributed by atoms with Crippen LogP contribution in [0.25, 0.3) is 0 Å². The van der Waals surface area contributed by atoms with Gasteiger partial charge in [0.05, 0.1) is 6.61 Å². The third-order valence-corrected chi connectivity index (χ3v) is 4.31. The number of fused-ring (bicyclic) bond motifs is 1. The Morgan fingerprint density at radius 2 is 1.84 bits per heavy atom. The zero-order valence-corrected chi connectivity index (χ0v) is 15.3. The SMILES string of the molecule is CCOc1ccc(NC(=O)CCN2CCc3ccccc3C2)cc1.Cl. The molecule has 4 nitrogen and oxygen atoms in total. The third-order valence-electron chi connectivity index (χ3n) is 4.31. The molecule has 2 aromatic rings. The van der Waals surface area contributed by atoms with E-state index in [0.717, 1.165) is 37.5 Å². The van der Waals surface area contributed by atoms with Gasteiger partial charge >= 0.3 is 0 Å². The molecular weight excluding hydrogens is 336 g/mol. The number of ether oxygens (including phenoxy) is 1. The van der Waals surface area contributed by atoms with Crippen molar-refractivity contribution in [3.63, 3.8) is 0 Å².